The van der Waals surface area contributed by atoms with E-state index in [1.165, 1.54) is 0 Å². The predicted molar refractivity (Wildman–Crippen MR) is 58.0 cm³/mol. The van der Waals surface area contributed by atoms with Crippen molar-refractivity contribution in [3.05, 3.63) is 40.4 Å². The molecule has 2 aromatic rings. The highest BCUT2D eigenvalue weighted by Crippen LogP contribution is 2.33. The molecule has 0 atom stereocenters. The Labute approximate surface area is 85.1 Å². The molecule has 2 aromatic carbocycles. The zero-order valence-electron chi connectivity index (χ0n) is 7.21. The number of benzene rings is 2. The van der Waals surface area contributed by atoms with Crippen molar-refractivity contribution in [2.75, 3.05) is 0 Å². The first-order valence-corrected chi connectivity index (χ1v) is 4.86. The topological polar surface area (TPSA) is 20.2 Å². The number of aromatic hydroxyl groups is 1. The highest BCUT2D eigenvalue weighted by molar-refractivity contribution is 9.10. The summed E-state index contributed by atoms with van der Waals surface area (Å²) in [5.74, 6) is 0.366. The van der Waals surface area contributed by atoms with Crippen LogP contribution >= 0.6 is 15.9 Å². The van der Waals surface area contributed by atoms with E-state index >= 15 is 0 Å². The summed E-state index contributed by atoms with van der Waals surface area (Å²) < 4.78 is 0.948. The van der Waals surface area contributed by atoms with E-state index in [4.69, 9.17) is 0 Å². The number of fused-ring (bicyclic) bond motifs is 1. The van der Waals surface area contributed by atoms with Crippen LogP contribution in [0.4, 0.5) is 0 Å². The Balaban J connectivity index is 2.94. The molecular weight excluding hydrogens is 228 g/mol. The summed E-state index contributed by atoms with van der Waals surface area (Å²) in [5, 5.41) is 11.8. The number of hydrogen-bond acceptors (Lipinski definition) is 1. The Morgan fingerprint density at radius 1 is 1.23 bits per heavy atom. The smallest absolute Gasteiger partial charge is 0.127 e. The molecule has 0 heterocycles. The molecule has 0 saturated heterocycles. The maximum atomic E-state index is 9.81. The van der Waals surface area contributed by atoms with Gasteiger partial charge in [0.2, 0.25) is 0 Å². The summed E-state index contributed by atoms with van der Waals surface area (Å²) in [5.41, 5.74) is 0.888. The van der Waals surface area contributed by atoms with Crippen molar-refractivity contribution >= 4 is 26.7 Å². The number of halogens is 1. The third-order valence-corrected chi connectivity index (χ3v) is 3.04. The third kappa shape index (κ3) is 1.31. The molecule has 2 heteroatoms. The molecule has 0 amide bonds. The van der Waals surface area contributed by atoms with Crippen LogP contribution in [-0.2, 0) is 0 Å². The van der Waals surface area contributed by atoms with Crippen LogP contribution in [-0.4, -0.2) is 5.11 Å². The number of rotatable bonds is 0. The van der Waals surface area contributed by atoms with E-state index in [-0.39, 0.29) is 0 Å². The van der Waals surface area contributed by atoms with Gasteiger partial charge in [-0.25, -0.2) is 0 Å². The fraction of sp³-hybridized carbons (Fsp3) is 0.0909. The second-order valence-electron chi connectivity index (χ2n) is 3.05. The molecule has 0 aliphatic heterocycles. The molecule has 0 spiro atoms. The van der Waals surface area contributed by atoms with Gasteiger partial charge in [0.25, 0.3) is 0 Å². The Kier molecular flexibility index (Phi) is 2.00. The highest BCUT2D eigenvalue weighted by atomic mass is 79.9. The summed E-state index contributed by atoms with van der Waals surface area (Å²) in [6.45, 7) is 1.89. The van der Waals surface area contributed by atoms with Crippen LogP contribution in [0.25, 0.3) is 10.8 Å². The zero-order chi connectivity index (χ0) is 9.42. The van der Waals surface area contributed by atoms with Gasteiger partial charge in [0.15, 0.2) is 0 Å². The van der Waals surface area contributed by atoms with E-state index in [1.54, 1.807) is 0 Å². The monoisotopic (exact) mass is 236 g/mol. The lowest BCUT2D eigenvalue weighted by atomic mass is 10.1. The van der Waals surface area contributed by atoms with Gasteiger partial charge >= 0.3 is 0 Å². The average molecular weight is 237 g/mol. The van der Waals surface area contributed by atoms with Crippen LogP contribution in [0, 0.1) is 6.92 Å². The van der Waals surface area contributed by atoms with E-state index in [0.29, 0.717) is 5.75 Å². The fourth-order valence-electron chi connectivity index (χ4n) is 1.40. The van der Waals surface area contributed by atoms with Crippen LogP contribution in [0.5, 0.6) is 5.75 Å². The molecule has 13 heavy (non-hydrogen) atoms. The largest absolute Gasteiger partial charge is 0.507 e. The Morgan fingerprint density at radius 2 is 1.92 bits per heavy atom. The van der Waals surface area contributed by atoms with Gasteiger partial charge in [-0.15, -0.1) is 0 Å². The van der Waals surface area contributed by atoms with Crippen LogP contribution in [0.3, 0.4) is 0 Å². The minimum atomic E-state index is 0.366. The third-order valence-electron chi connectivity index (χ3n) is 2.21. The van der Waals surface area contributed by atoms with Crippen LogP contribution in [0.15, 0.2) is 34.8 Å². The molecule has 0 radical (unpaired) electrons. The number of phenolic OH excluding ortho intramolecular Hbond substituents is 1. The molecule has 66 valence electrons. The van der Waals surface area contributed by atoms with Gasteiger partial charge in [0.05, 0.1) is 0 Å². The molecule has 0 aliphatic carbocycles. The number of phenols is 1. The summed E-state index contributed by atoms with van der Waals surface area (Å²) in [4.78, 5) is 0. The van der Waals surface area contributed by atoms with E-state index < -0.39 is 0 Å². The van der Waals surface area contributed by atoms with E-state index in [9.17, 15) is 5.11 Å². The molecule has 1 N–H and O–H groups in total. The second-order valence-corrected chi connectivity index (χ2v) is 3.91. The van der Waals surface area contributed by atoms with Crippen molar-refractivity contribution in [3.63, 3.8) is 0 Å². The van der Waals surface area contributed by atoms with Crippen molar-refractivity contribution in [1.29, 1.82) is 0 Å². The standard InChI is InChI=1S/C11H9BrO/c1-7-10(12)6-8-4-2-3-5-9(8)11(7)13/h2-6,13H,1H3. The van der Waals surface area contributed by atoms with Crippen LogP contribution < -0.4 is 0 Å². The quantitative estimate of drug-likeness (QED) is 0.741. The zero-order valence-corrected chi connectivity index (χ0v) is 8.80. The molecule has 0 bridgehead atoms. The maximum absolute atomic E-state index is 9.81. The lowest BCUT2D eigenvalue weighted by Crippen LogP contribution is -1.80. The van der Waals surface area contributed by atoms with Gasteiger partial charge in [0.1, 0.15) is 5.75 Å². The molecule has 1 nitrogen and oxygen atoms in total. The van der Waals surface area contributed by atoms with E-state index in [2.05, 4.69) is 15.9 Å². The minimum absolute atomic E-state index is 0.366. The van der Waals surface area contributed by atoms with Gasteiger partial charge in [-0.2, -0.15) is 0 Å². The molecule has 2 rings (SSSR count). The number of hydrogen-bond donors (Lipinski definition) is 1. The molecule has 0 aromatic heterocycles. The van der Waals surface area contributed by atoms with Crippen LogP contribution in [0.2, 0.25) is 0 Å². The van der Waals surface area contributed by atoms with E-state index in [0.717, 1.165) is 20.8 Å². The second kappa shape index (κ2) is 3.04. The molecule has 0 fully saturated rings. The highest BCUT2D eigenvalue weighted by Gasteiger charge is 2.05. The van der Waals surface area contributed by atoms with Gasteiger partial charge < -0.3 is 5.11 Å². The molecule has 0 unspecified atom stereocenters. The van der Waals surface area contributed by atoms with Crippen molar-refractivity contribution in [3.8, 4) is 5.75 Å². The first kappa shape index (κ1) is 8.57. The van der Waals surface area contributed by atoms with E-state index in [1.807, 2.05) is 37.3 Å². The van der Waals surface area contributed by atoms with Gasteiger partial charge in [0, 0.05) is 15.4 Å². The van der Waals surface area contributed by atoms with Crippen molar-refractivity contribution in [1.82, 2.24) is 0 Å². The van der Waals surface area contributed by atoms with Crippen molar-refractivity contribution < 1.29 is 5.11 Å². The minimum Gasteiger partial charge on any atom is -0.507 e. The first-order chi connectivity index (χ1) is 6.20. The first-order valence-electron chi connectivity index (χ1n) is 4.07. The van der Waals surface area contributed by atoms with Crippen molar-refractivity contribution in [2.45, 2.75) is 6.92 Å². The Morgan fingerprint density at radius 3 is 2.69 bits per heavy atom. The summed E-state index contributed by atoms with van der Waals surface area (Å²) >= 11 is 3.41. The molecule has 0 aliphatic rings. The normalized spacial score (nSPS) is 10.6. The average Bonchev–Trinajstić information content (AvgIpc) is 2.15. The summed E-state index contributed by atoms with van der Waals surface area (Å²) in [6, 6.07) is 9.81. The SMILES string of the molecule is Cc1c(Br)cc2ccccc2c1O. The molecule has 0 saturated carbocycles. The lowest BCUT2D eigenvalue weighted by molar-refractivity contribution is 0.477. The van der Waals surface area contributed by atoms with Crippen LogP contribution in [0.1, 0.15) is 5.56 Å². The maximum Gasteiger partial charge on any atom is 0.127 e. The summed E-state index contributed by atoms with van der Waals surface area (Å²) in [6.07, 6.45) is 0. The van der Waals surface area contributed by atoms with Gasteiger partial charge in [-0.1, -0.05) is 40.2 Å². The Hall–Kier alpha value is -1.02. The van der Waals surface area contributed by atoms with Crippen molar-refractivity contribution in [2.24, 2.45) is 0 Å². The summed E-state index contributed by atoms with van der Waals surface area (Å²) in [7, 11) is 0. The molecular formula is C11H9BrO. The fourth-order valence-corrected chi connectivity index (χ4v) is 1.83. The van der Waals surface area contributed by atoms with Gasteiger partial charge in [-0.3, -0.25) is 0 Å². The van der Waals surface area contributed by atoms with Gasteiger partial charge in [-0.05, 0) is 18.4 Å². The predicted octanol–water partition coefficient (Wildman–Crippen LogP) is 3.62. The lowest BCUT2D eigenvalue weighted by Gasteiger charge is -2.05. The Bertz CT molecular complexity index is 463.